The molecule has 11 heteroatoms. The maximum absolute atomic E-state index is 13.2. The molecule has 0 bridgehead atoms. The molecule has 212 valence electrons. The van der Waals surface area contributed by atoms with Crippen molar-refractivity contribution in [3.63, 3.8) is 0 Å². The number of allylic oxidation sites excluding steroid dienone is 1. The SMILES string of the molecule is CC1=C(C(=O)O)C(c2cccc(Cl)c2)N(CCCN2CCN(c3ccc(Oc4ccc(Cl)cc4)cc3)C2=O)C(=O)N1. The van der Waals surface area contributed by atoms with Gasteiger partial charge in [0.1, 0.15) is 11.5 Å². The molecule has 1 unspecified atom stereocenters. The number of anilines is 1. The van der Waals surface area contributed by atoms with Gasteiger partial charge < -0.3 is 25.0 Å². The summed E-state index contributed by atoms with van der Waals surface area (Å²) < 4.78 is 5.84. The van der Waals surface area contributed by atoms with Crippen molar-refractivity contribution in [1.29, 1.82) is 0 Å². The molecule has 9 nitrogen and oxygen atoms in total. The molecule has 1 fully saturated rings. The van der Waals surface area contributed by atoms with Gasteiger partial charge in [-0.25, -0.2) is 14.4 Å². The highest BCUT2D eigenvalue weighted by Crippen LogP contribution is 2.35. The molecule has 0 radical (unpaired) electrons. The fourth-order valence-electron chi connectivity index (χ4n) is 5.10. The summed E-state index contributed by atoms with van der Waals surface area (Å²) in [5.41, 5.74) is 1.73. The van der Waals surface area contributed by atoms with Gasteiger partial charge in [-0.1, -0.05) is 35.3 Å². The van der Waals surface area contributed by atoms with E-state index >= 15 is 0 Å². The molecule has 0 aliphatic carbocycles. The molecule has 2 aliphatic heterocycles. The minimum Gasteiger partial charge on any atom is -0.478 e. The van der Waals surface area contributed by atoms with Crippen LogP contribution in [0.2, 0.25) is 10.0 Å². The maximum atomic E-state index is 13.2. The second kappa shape index (κ2) is 12.1. The molecule has 1 saturated heterocycles. The molecule has 2 heterocycles. The van der Waals surface area contributed by atoms with Crippen LogP contribution in [0.3, 0.4) is 0 Å². The first-order valence-corrected chi connectivity index (χ1v) is 13.8. The maximum Gasteiger partial charge on any atom is 0.335 e. The normalized spacial score (nSPS) is 17.2. The number of carboxylic acids is 1. The van der Waals surface area contributed by atoms with Gasteiger partial charge in [0.15, 0.2) is 0 Å². The van der Waals surface area contributed by atoms with E-state index in [1.807, 2.05) is 12.1 Å². The number of benzene rings is 3. The van der Waals surface area contributed by atoms with E-state index < -0.39 is 18.0 Å². The first-order valence-electron chi connectivity index (χ1n) is 13.1. The number of ether oxygens (including phenoxy) is 1. The number of urea groups is 2. The predicted molar refractivity (Wildman–Crippen MR) is 157 cm³/mol. The van der Waals surface area contributed by atoms with Crippen molar-refractivity contribution in [1.82, 2.24) is 15.1 Å². The zero-order valence-corrected chi connectivity index (χ0v) is 23.7. The van der Waals surface area contributed by atoms with Gasteiger partial charge >= 0.3 is 18.0 Å². The molecular formula is C30H28Cl2N4O5. The molecular weight excluding hydrogens is 567 g/mol. The van der Waals surface area contributed by atoms with Crippen LogP contribution in [-0.4, -0.2) is 59.1 Å². The molecule has 0 aromatic heterocycles. The van der Waals surface area contributed by atoms with Crippen molar-refractivity contribution in [2.24, 2.45) is 0 Å². The molecule has 41 heavy (non-hydrogen) atoms. The number of nitrogens with zero attached hydrogens (tertiary/aromatic N) is 3. The molecule has 2 N–H and O–H groups in total. The summed E-state index contributed by atoms with van der Waals surface area (Å²) >= 11 is 12.1. The van der Waals surface area contributed by atoms with E-state index in [0.717, 1.165) is 5.69 Å². The van der Waals surface area contributed by atoms with Gasteiger partial charge in [-0.15, -0.1) is 0 Å². The van der Waals surface area contributed by atoms with Crippen molar-refractivity contribution in [2.45, 2.75) is 19.4 Å². The van der Waals surface area contributed by atoms with Crippen molar-refractivity contribution in [2.75, 3.05) is 31.1 Å². The number of amides is 4. The third-order valence-electron chi connectivity index (χ3n) is 7.06. The fraction of sp³-hybridized carbons (Fsp3) is 0.233. The first kappa shape index (κ1) is 28.3. The van der Waals surface area contributed by atoms with Gasteiger partial charge in [0, 0.05) is 47.6 Å². The number of carboxylic acid groups (broad SMARTS) is 1. The van der Waals surface area contributed by atoms with Crippen LogP contribution < -0.4 is 15.0 Å². The van der Waals surface area contributed by atoms with Crippen molar-refractivity contribution in [3.05, 3.63) is 99.7 Å². The Balaban J connectivity index is 1.22. The summed E-state index contributed by atoms with van der Waals surface area (Å²) in [7, 11) is 0. The lowest BCUT2D eigenvalue weighted by Crippen LogP contribution is -2.49. The number of rotatable bonds is 9. The number of hydrogen-bond donors (Lipinski definition) is 2. The molecule has 4 amide bonds. The Morgan fingerprint density at radius 3 is 2.29 bits per heavy atom. The monoisotopic (exact) mass is 594 g/mol. The van der Waals surface area contributed by atoms with Crippen molar-refractivity contribution >= 4 is 46.9 Å². The molecule has 3 aromatic carbocycles. The lowest BCUT2D eigenvalue weighted by Gasteiger charge is -2.37. The number of hydrogen-bond acceptors (Lipinski definition) is 4. The van der Waals surface area contributed by atoms with Crippen molar-refractivity contribution < 1.29 is 24.2 Å². The molecule has 5 rings (SSSR count). The summed E-state index contributed by atoms with van der Waals surface area (Å²) in [6, 6.07) is 19.9. The predicted octanol–water partition coefficient (Wildman–Crippen LogP) is 6.54. The van der Waals surface area contributed by atoms with E-state index in [0.29, 0.717) is 58.9 Å². The lowest BCUT2D eigenvalue weighted by molar-refractivity contribution is -0.133. The van der Waals surface area contributed by atoms with E-state index in [4.69, 9.17) is 27.9 Å². The van der Waals surface area contributed by atoms with E-state index in [1.54, 1.807) is 77.4 Å². The average Bonchev–Trinajstić information content (AvgIpc) is 3.31. The number of nitrogens with one attached hydrogen (secondary N) is 1. The first-order chi connectivity index (χ1) is 19.7. The average molecular weight is 595 g/mol. The van der Waals surface area contributed by atoms with Gasteiger partial charge in [0.05, 0.1) is 11.6 Å². The highest BCUT2D eigenvalue weighted by atomic mass is 35.5. The van der Waals surface area contributed by atoms with Crippen LogP contribution in [0.1, 0.15) is 24.9 Å². The second-order valence-corrected chi connectivity index (χ2v) is 10.6. The smallest absolute Gasteiger partial charge is 0.335 e. The lowest BCUT2D eigenvalue weighted by atomic mass is 9.93. The summed E-state index contributed by atoms with van der Waals surface area (Å²) in [6.45, 7) is 3.28. The summed E-state index contributed by atoms with van der Waals surface area (Å²) in [5.74, 6) is 0.178. The van der Waals surface area contributed by atoms with Gasteiger partial charge in [0.2, 0.25) is 0 Å². The van der Waals surface area contributed by atoms with Gasteiger partial charge in [-0.3, -0.25) is 4.90 Å². The Bertz CT molecular complexity index is 1490. The highest BCUT2D eigenvalue weighted by molar-refractivity contribution is 6.30. The molecule has 2 aliphatic rings. The van der Waals surface area contributed by atoms with E-state index in [-0.39, 0.29) is 18.1 Å². The van der Waals surface area contributed by atoms with Crippen LogP contribution in [0.5, 0.6) is 11.5 Å². The minimum absolute atomic E-state index is 0.0822. The molecule has 3 aromatic rings. The fourth-order valence-corrected chi connectivity index (χ4v) is 5.43. The topological polar surface area (TPSA) is 102 Å². The number of carbonyl (C=O) groups excluding carboxylic acids is 2. The van der Waals surface area contributed by atoms with Crippen molar-refractivity contribution in [3.8, 4) is 11.5 Å². The Labute approximate surface area is 247 Å². The zero-order valence-electron chi connectivity index (χ0n) is 22.2. The van der Waals surface area contributed by atoms with Crippen LogP contribution in [0, 0.1) is 0 Å². The van der Waals surface area contributed by atoms with E-state index in [9.17, 15) is 19.5 Å². The third-order valence-corrected chi connectivity index (χ3v) is 7.55. The van der Waals surface area contributed by atoms with Crippen LogP contribution in [0.25, 0.3) is 0 Å². The van der Waals surface area contributed by atoms with Gasteiger partial charge in [-0.2, -0.15) is 0 Å². The zero-order chi connectivity index (χ0) is 29.1. The van der Waals surface area contributed by atoms with Crippen LogP contribution in [0.15, 0.2) is 84.1 Å². The van der Waals surface area contributed by atoms with E-state index in [1.165, 1.54) is 4.90 Å². The number of halogens is 2. The van der Waals surface area contributed by atoms with Crippen LogP contribution >= 0.6 is 23.2 Å². The molecule has 1 atom stereocenters. The Kier molecular flexibility index (Phi) is 8.37. The Morgan fingerprint density at radius 2 is 1.63 bits per heavy atom. The molecule has 0 spiro atoms. The Morgan fingerprint density at radius 1 is 0.951 bits per heavy atom. The third kappa shape index (κ3) is 6.26. The van der Waals surface area contributed by atoms with Crippen LogP contribution in [0.4, 0.5) is 15.3 Å². The second-order valence-electron chi connectivity index (χ2n) is 9.75. The van der Waals surface area contributed by atoms with E-state index in [2.05, 4.69) is 5.32 Å². The Hall–Kier alpha value is -4.21. The number of aliphatic carboxylic acids is 1. The quantitative estimate of drug-likeness (QED) is 0.293. The minimum atomic E-state index is -1.12. The summed E-state index contributed by atoms with van der Waals surface area (Å²) in [5, 5.41) is 13.7. The molecule has 0 saturated carbocycles. The van der Waals surface area contributed by atoms with Crippen LogP contribution in [-0.2, 0) is 4.79 Å². The summed E-state index contributed by atoms with van der Waals surface area (Å²) in [4.78, 5) is 43.2. The largest absolute Gasteiger partial charge is 0.478 e. The van der Waals surface area contributed by atoms with Gasteiger partial charge in [-0.05, 0) is 79.6 Å². The number of carbonyl (C=O) groups is 3. The highest BCUT2D eigenvalue weighted by Gasteiger charge is 2.38. The van der Waals surface area contributed by atoms with Gasteiger partial charge in [0.25, 0.3) is 0 Å². The standard InChI is InChI=1S/C30H28Cl2N4O5/c1-19-26(28(37)38)27(20-4-2-5-22(32)18-20)36(29(39)33-19)15-3-14-34-16-17-35(30(34)40)23-8-12-25(13-9-23)41-24-10-6-21(31)7-11-24/h2,4-13,18,27H,3,14-17H2,1H3,(H,33,39)(H,37,38). The summed E-state index contributed by atoms with van der Waals surface area (Å²) in [6.07, 6.45) is 0.462.